The van der Waals surface area contributed by atoms with Crippen molar-refractivity contribution in [2.75, 3.05) is 12.8 Å². The lowest BCUT2D eigenvalue weighted by molar-refractivity contribution is 0.399. The normalized spacial score (nSPS) is 15.4. The first kappa shape index (κ1) is 49.8. The van der Waals surface area contributed by atoms with Crippen LogP contribution in [0.15, 0.2) is 232 Å². The van der Waals surface area contributed by atoms with Crippen LogP contribution in [0.5, 0.6) is 0 Å². The highest BCUT2D eigenvalue weighted by molar-refractivity contribution is 6.00. The van der Waals surface area contributed by atoms with Crippen LogP contribution in [-0.4, -0.2) is 12.2 Å². The van der Waals surface area contributed by atoms with Crippen molar-refractivity contribution in [3.05, 3.63) is 276 Å². The van der Waals surface area contributed by atoms with Crippen molar-refractivity contribution in [1.29, 1.82) is 0 Å². The molecule has 4 heteroatoms. The summed E-state index contributed by atoms with van der Waals surface area (Å²) in [5.41, 5.74) is 24.6. The van der Waals surface area contributed by atoms with Crippen molar-refractivity contribution in [3.63, 3.8) is 0 Å². The first-order chi connectivity index (χ1) is 33.6. The van der Waals surface area contributed by atoms with E-state index in [-0.39, 0.29) is 5.41 Å². The molecule has 1 atom stereocenters. The number of nitrogen functional groups attached to an aromatic ring is 1. The Kier molecular flexibility index (Phi) is 18.2. The van der Waals surface area contributed by atoms with Gasteiger partial charge in [-0.3, -0.25) is 11.7 Å². The van der Waals surface area contributed by atoms with E-state index in [1.54, 1.807) is 0 Å². The van der Waals surface area contributed by atoms with E-state index in [1.807, 2.05) is 44.2 Å². The van der Waals surface area contributed by atoms with Crippen molar-refractivity contribution in [2.24, 2.45) is 11.7 Å². The summed E-state index contributed by atoms with van der Waals surface area (Å²) in [7, 11) is 1.00. The number of hydrazine groups is 1. The number of aliphatic hydroxyl groups excluding tert-OH is 1. The van der Waals surface area contributed by atoms with E-state index < -0.39 is 0 Å². The van der Waals surface area contributed by atoms with Crippen molar-refractivity contribution in [2.45, 2.75) is 44.9 Å². The zero-order chi connectivity index (χ0) is 48.3. The summed E-state index contributed by atoms with van der Waals surface area (Å²) >= 11 is 0. The monoisotopic (exact) mass is 892 g/mol. The van der Waals surface area contributed by atoms with Gasteiger partial charge < -0.3 is 10.8 Å². The molecule has 68 heavy (non-hydrogen) atoms. The van der Waals surface area contributed by atoms with Gasteiger partial charge >= 0.3 is 0 Å². The van der Waals surface area contributed by atoms with Crippen LogP contribution < -0.4 is 17.4 Å². The molecule has 8 aromatic rings. The minimum absolute atomic E-state index is 0.293. The van der Waals surface area contributed by atoms with Crippen LogP contribution in [-0.2, 0) is 11.8 Å². The number of benzene rings is 8. The molecule has 0 aromatic heterocycles. The van der Waals surface area contributed by atoms with E-state index in [0.717, 1.165) is 38.5 Å². The maximum atomic E-state index is 7.00. The smallest absolute Gasteiger partial charge is 0.0504 e. The van der Waals surface area contributed by atoms with Gasteiger partial charge in [0.05, 0.1) is 5.41 Å². The maximum Gasteiger partial charge on any atom is 0.0504 e. The summed E-state index contributed by atoms with van der Waals surface area (Å²) in [5.74, 6) is 8.00. The second-order valence-corrected chi connectivity index (χ2v) is 16.2. The van der Waals surface area contributed by atoms with Crippen molar-refractivity contribution in [1.82, 2.24) is 0 Å². The summed E-state index contributed by atoms with van der Waals surface area (Å²) in [6, 6.07) is 68.5. The van der Waals surface area contributed by atoms with E-state index in [0.29, 0.717) is 0 Å². The molecule has 1 spiro atoms. The quantitative estimate of drug-likeness (QED) is 0.0599. The van der Waals surface area contributed by atoms with E-state index in [2.05, 4.69) is 219 Å². The minimum Gasteiger partial charge on any atom is -0.400 e. The van der Waals surface area contributed by atoms with Gasteiger partial charge in [0.2, 0.25) is 0 Å². The van der Waals surface area contributed by atoms with Gasteiger partial charge in [-0.1, -0.05) is 208 Å². The van der Waals surface area contributed by atoms with Crippen molar-refractivity contribution >= 4 is 33.7 Å². The van der Waals surface area contributed by atoms with Gasteiger partial charge in [-0.25, -0.2) is 0 Å². The predicted octanol–water partition coefficient (Wildman–Crippen LogP) is 15.2. The Balaban J connectivity index is 0.000000449. The van der Waals surface area contributed by atoms with Crippen molar-refractivity contribution < 1.29 is 5.11 Å². The fraction of sp³-hybridized carbons (Fsp3) is 0.125. The molecule has 0 saturated heterocycles. The topological polar surface area (TPSA) is 98.3 Å². The third-order valence-corrected chi connectivity index (χ3v) is 12.5. The molecular weight excluding hydrogens is 827 g/mol. The summed E-state index contributed by atoms with van der Waals surface area (Å²) in [5, 5.41) is 9.57. The largest absolute Gasteiger partial charge is 0.400 e. The molecule has 11 rings (SSSR count). The van der Waals surface area contributed by atoms with E-state index >= 15 is 0 Å². The highest BCUT2D eigenvalue weighted by atomic mass is 16.2. The van der Waals surface area contributed by atoms with Crippen LogP contribution in [0, 0.1) is 0 Å². The van der Waals surface area contributed by atoms with Crippen LogP contribution in [0.1, 0.15) is 77.6 Å². The molecule has 0 heterocycles. The number of rotatable bonds is 5. The predicted molar refractivity (Wildman–Crippen MR) is 295 cm³/mol. The molecule has 3 aliphatic rings. The molecule has 8 aromatic carbocycles. The third-order valence-electron chi connectivity index (χ3n) is 12.5. The minimum atomic E-state index is -0.293. The van der Waals surface area contributed by atoms with Crippen LogP contribution in [0.3, 0.4) is 0 Å². The highest BCUT2D eigenvalue weighted by Gasteiger charge is 2.46. The molecule has 1 unspecified atom stereocenters. The lowest BCUT2D eigenvalue weighted by Crippen LogP contribution is -2.27. The lowest BCUT2D eigenvalue weighted by Gasteiger charge is -2.34. The first-order valence-corrected chi connectivity index (χ1v) is 23.5. The van der Waals surface area contributed by atoms with Crippen LogP contribution >= 0.6 is 0 Å². The Hall–Kier alpha value is -7.60. The SMILES string of the molecule is C1=C(c2cccc(-c3cccc4c3-c3cc5ccccc5cc3C43C/C=C\C=C/c4ccccc43)c2)C=C(c2cccc(Cc3ccccc3)c2)CC1.C=C.CC.CO.NN.Nc1ccccc1. The molecule has 0 fully saturated rings. The fourth-order valence-corrected chi connectivity index (χ4v) is 9.68. The van der Waals surface area contributed by atoms with Crippen LogP contribution in [0.4, 0.5) is 5.69 Å². The number of anilines is 1. The molecule has 4 nitrogen and oxygen atoms in total. The lowest BCUT2D eigenvalue weighted by atomic mass is 9.68. The molecule has 3 aliphatic carbocycles. The van der Waals surface area contributed by atoms with Gasteiger partial charge in [-0.15, -0.1) is 13.2 Å². The molecule has 7 N–H and O–H groups in total. The molecule has 0 aliphatic heterocycles. The summed E-state index contributed by atoms with van der Waals surface area (Å²) in [4.78, 5) is 0. The van der Waals surface area contributed by atoms with Crippen molar-refractivity contribution in [3.8, 4) is 22.3 Å². The second kappa shape index (κ2) is 24.8. The number of aliphatic hydroxyl groups is 1. The second-order valence-electron chi connectivity index (χ2n) is 16.2. The highest BCUT2D eigenvalue weighted by Crippen LogP contribution is 2.58. The number of para-hydroxylation sites is 1. The Morgan fingerprint density at radius 3 is 1.88 bits per heavy atom. The molecule has 0 saturated carbocycles. The average molecular weight is 892 g/mol. The number of hydrogen-bond donors (Lipinski definition) is 4. The summed E-state index contributed by atoms with van der Waals surface area (Å²) < 4.78 is 0. The number of nitrogens with two attached hydrogens (primary N) is 3. The Morgan fingerprint density at radius 1 is 0.544 bits per heavy atom. The zero-order valence-electron chi connectivity index (χ0n) is 39.8. The van der Waals surface area contributed by atoms with E-state index in [9.17, 15) is 0 Å². The van der Waals surface area contributed by atoms with Crippen LogP contribution in [0.25, 0.3) is 50.2 Å². The van der Waals surface area contributed by atoms with Gasteiger partial charge in [-0.2, -0.15) is 0 Å². The summed E-state index contributed by atoms with van der Waals surface area (Å²) in [6.45, 7) is 10.0. The Morgan fingerprint density at radius 2 is 1.15 bits per heavy atom. The van der Waals surface area contributed by atoms with Gasteiger partial charge in [0.15, 0.2) is 0 Å². The summed E-state index contributed by atoms with van der Waals surface area (Å²) in [6.07, 6.45) is 17.9. The van der Waals surface area contributed by atoms with Gasteiger partial charge in [0.1, 0.15) is 0 Å². The van der Waals surface area contributed by atoms with Gasteiger partial charge in [0, 0.05) is 12.8 Å². The van der Waals surface area contributed by atoms with Gasteiger partial charge in [-0.05, 0) is 145 Å². The molecule has 0 amide bonds. The average Bonchev–Trinajstić information content (AvgIpc) is 3.69. The molecule has 342 valence electrons. The van der Waals surface area contributed by atoms with E-state index in [1.165, 1.54) is 88.7 Å². The molecule has 0 radical (unpaired) electrons. The zero-order valence-corrected chi connectivity index (χ0v) is 39.8. The van der Waals surface area contributed by atoms with Gasteiger partial charge in [0.25, 0.3) is 0 Å². The Bertz CT molecular complexity index is 3020. The molecule has 0 bridgehead atoms. The van der Waals surface area contributed by atoms with E-state index in [4.69, 9.17) is 10.8 Å². The standard InChI is InChI=1S/C53H40.C6H7N.C2H6.C2H4.CH4O.H4N2/c1-3-15-37(16-4-1)31-38-17-11-22-40(32-38)41-23-12-24-42(33-41)43-25-13-26-46(34-43)47-27-14-29-50-52(47)48-35-44-20-6-7-21-45(44)36-51(48)53(50)30-10-2-5-18-39-19-8-9-28-49(39)53;7-6-4-2-1-3-5-6;4*1-2/h1-11,13-22,24-29,32-36H,12,23,30-31H2;1-5H,7H2;1-2H3;1-2H2;2H,1H3;1-2H2/b10-2-,18-5-;;;;;. The first-order valence-electron chi connectivity index (χ1n) is 23.5. The number of allylic oxidation sites excluding steroid dienone is 7. The fourth-order valence-electron chi connectivity index (χ4n) is 9.68. The van der Waals surface area contributed by atoms with Crippen LogP contribution in [0.2, 0.25) is 0 Å². The number of hydrogen-bond acceptors (Lipinski definition) is 4. The maximum absolute atomic E-state index is 7.00. The third kappa shape index (κ3) is 10.8. The molecular formula is C64H65N3O. The number of fused-ring (bicyclic) bond motifs is 8. The Labute approximate surface area is 404 Å².